The Morgan fingerprint density at radius 1 is 1.41 bits per heavy atom. The Labute approximate surface area is 202 Å². The maximum atomic E-state index is 12.2. The van der Waals surface area contributed by atoms with Crippen LogP contribution >= 0.6 is 40.1 Å². The first kappa shape index (κ1) is 24.8. The van der Waals surface area contributed by atoms with Gasteiger partial charge in [-0.2, -0.15) is 9.51 Å². The second-order valence-corrected chi connectivity index (χ2v) is 25.4. The number of hydrogen-bond acceptors (Lipinski definition) is 10. The molecule has 3 N–H and O–H groups in total. The Morgan fingerprint density at radius 2 is 2.09 bits per heavy atom. The maximum absolute atomic E-state index is 12.2. The molecule has 0 spiro atoms. The number of H-pyrrole nitrogens is 1. The number of thiol groups is 1. The van der Waals surface area contributed by atoms with Gasteiger partial charge >= 0.3 is 5.10 Å². The quantitative estimate of drug-likeness (QED) is 0.279. The molecule has 0 saturated carbocycles. The molecular formula is C18H31N5O4PS3Si+. The molecule has 3 atom stereocenters. The lowest BCUT2D eigenvalue weighted by Gasteiger charge is -2.39. The number of nitrogens with two attached hydrogens (primary N) is 1. The third-order valence-electron chi connectivity index (χ3n) is 6.19. The van der Waals surface area contributed by atoms with Crippen molar-refractivity contribution in [2.45, 2.75) is 63.8 Å². The standard InChI is InChI=1S/C18H30N5O4PS3Si/c1-18(2,3)32(4,5)27-11-8-13(26-12(11)9-25-28(29)30-6-7-31-28)23-10-20-14-15(23)21-17(19)22-16(14)24/h10-13,29H,6-9H2,1-5H3,(H2-,19,21,22,24)/p+1/t11-,12+,13+/m0/s1. The van der Waals surface area contributed by atoms with Crippen LogP contribution in [0.4, 0.5) is 5.95 Å². The van der Waals surface area contributed by atoms with Crippen LogP contribution in [-0.2, 0) is 13.7 Å². The van der Waals surface area contributed by atoms with E-state index in [0.29, 0.717) is 18.7 Å². The summed E-state index contributed by atoms with van der Waals surface area (Å²) in [7, 11) is -2.05. The van der Waals surface area contributed by atoms with Crippen LogP contribution in [0.15, 0.2) is 11.1 Å². The first-order valence-corrected chi connectivity index (χ1v) is 19.4. The van der Waals surface area contributed by atoms with Gasteiger partial charge in [-0.1, -0.05) is 20.8 Å². The highest BCUT2D eigenvalue weighted by Gasteiger charge is 2.49. The number of nitrogens with zero attached hydrogens (tertiary/aromatic N) is 3. The highest BCUT2D eigenvalue weighted by atomic mass is 33.4. The number of aromatic amines is 1. The highest BCUT2D eigenvalue weighted by molar-refractivity contribution is 9.15. The lowest BCUT2D eigenvalue weighted by Crippen LogP contribution is -2.46. The summed E-state index contributed by atoms with van der Waals surface area (Å²) in [5, 5.41) is -1.74. The van der Waals surface area contributed by atoms with Gasteiger partial charge in [-0.15, -0.1) is 0 Å². The predicted molar refractivity (Wildman–Crippen MR) is 140 cm³/mol. The van der Waals surface area contributed by atoms with E-state index < -0.39 is 13.4 Å². The van der Waals surface area contributed by atoms with E-state index in [-0.39, 0.29) is 40.5 Å². The van der Waals surface area contributed by atoms with E-state index in [1.54, 1.807) is 33.7 Å². The molecule has 0 bridgehead atoms. The van der Waals surface area contributed by atoms with E-state index in [1.165, 1.54) is 0 Å². The SMILES string of the molecule is CC(C)(C)[Si](C)(C)O[C@H]1C[C@H](n2cnc3c(=O)[nH]c(N)nc32)O[C@@H]1CO[P+]1(S)SCCS1. The summed E-state index contributed by atoms with van der Waals surface area (Å²) in [6, 6.07) is 0. The molecule has 0 aliphatic carbocycles. The summed E-state index contributed by atoms with van der Waals surface area (Å²) in [6.45, 7) is 11.6. The van der Waals surface area contributed by atoms with Crippen molar-refractivity contribution >= 4 is 65.5 Å². The number of rotatable bonds is 6. The van der Waals surface area contributed by atoms with E-state index in [1.807, 2.05) is 0 Å². The molecule has 0 amide bonds. The Bertz CT molecular complexity index is 1040. The Morgan fingerprint density at radius 3 is 2.75 bits per heavy atom. The summed E-state index contributed by atoms with van der Waals surface area (Å²) >= 11 is 8.42. The van der Waals surface area contributed by atoms with E-state index >= 15 is 0 Å². The van der Waals surface area contributed by atoms with Gasteiger partial charge in [-0.3, -0.25) is 14.3 Å². The number of imidazole rings is 1. The number of nitrogens with one attached hydrogen (secondary N) is 1. The molecule has 2 fully saturated rings. The molecule has 0 radical (unpaired) electrons. The smallest absolute Gasteiger partial charge is 0.318 e. The van der Waals surface area contributed by atoms with Crippen molar-refractivity contribution < 1.29 is 13.7 Å². The van der Waals surface area contributed by atoms with Crippen LogP contribution in [0, 0.1) is 0 Å². The average Bonchev–Trinajstić information content (AvgIpc) is 3.38. The maximum Gasteiger partial charge on any atom is 0.318 e. The minimum absolute atomic E-state index is 0.0494. The fourth-order valence-corrected chi connectivity index (χ4v) is 13.9. The largest absolute Gasteiger partial charge is 0.411 e. The van der Waals surface area contributed by atoms with Gasteiger partial charge in [0.1, 0.15) is 18.9 Å². The number of fused-ring (bicyclic) bond motifs is 1. The van der Waals surface area contributed by atoms with Crippen LogP contribution in [0.25, 0.3) is 11.2 Å². The summed E-state index contributed by atoms with van der Waals surface area (Å²) in [4.78, 5) is 23.2. The third kappa shape index (κ3) is 5.05. The van der Waals surface area contributed by atoms with Crippen molar-refractivity contribution in [2.75, 3.05) is 23.8 Å². The van der Waals surface area contributed by atoms with E-state index in [9.17, 15) is 4.79 Å². The molecule has 2 aromatic rings. The number of anilines is 1. The molecule has 32 heavy (non-hydrogen) atoms. The molecule has 2 aromatic heterocycles. The monoisotopic (exact) mass is 536 g/mol. The molecule has 0 aromatic carbocycles. The zero-order valence-electron chi connectivity index (χ0n) is 18.9. The molecule has 14 heteroatoms. The highest BCUT2D eigenvalue weighted by Crippen LogP contribution is 2.87. The van der Waals surface area contributed by atoms with Gasteiger partial charge in [0.25, 0.3) is 5.56 Å². The van der Waals surface area contributed by atoms with Crippen molar-refractivity contribution in [2.24, 2.45) is 0 Å². The molecule has 4 heterocycles. The normalized spacial score (nSPS) is 26.2. The lowest BCUT2D eigenvalue weighted by atomic mass is 10.2. The van der Waals surface area contributed by atoms with Crippen LogP contribution in [0.1, 0.15) is 33.4 Å². The van der Waals surface area contributed by atoms with Crippen LogP contribution in [-0.4, -0.2) is 58.2 Å². The third-order valence-corrected chi connectivity index (χ3v) is 20.9. The lowest BCUT2D eigenvalue weighted by molar-refractivity contribution is -0.0336. The Balaban J connectivity index is 1.59. The first-order valence-electron chi connectivity index (χ1n) is 10.5. The van der Waals surface area contributed by atoms with Gasteiger partial charge in [0, 0.05) is 17.9 Å². The number of hydrogen-bond donors (Lipinski definition) is 3. The van der Waals surface area contributed by atoms with Gasteiger partial charge in [-0.05, 0) is 18.1 Å². The molecule has 2 saturated heterocycles. The van der Waals surface area contributed by atoms with Gasteiger partial charge in [0.15, 0.2) is 19.5 Å². The van der Waals surface area contributed by atoms with Crippen molar-refractivity contribution in [3.05, 3.63) is 16.7 Å². The van der Waals surface area contributed by atoms with Crippen LogP contribution in [0.3, 0.4) is 0 Å². The number of ether oxygens (including phenoxy) is 1. The van der Waals surface area contributed by atoms with Gasteiger partial charge < -0.3 is 14.9 Å². The summed E-state index contributed by atoms with van der Waals surface area (Å²) in [5.74, 6) is 2.17. The van der Waals surface area contributed by atoms with Crippen molar-refractivity contribution in [3.8, 4) is 0 Å². The summed E-state index contributed by atoms with van der Waals surface area (Å²) < 4.78 is 21.3. The molecule has 4 rings (SSSR count). The van der Waals surface area contributed by atoms with Crippen molar-refractivity contribution in [1.82, 2.24) is 19.5 Å². The van der Waals surface area contributed by atoms with E-state index in [2.05, 4.69) is 48.8 Å². The minimum atomic E-state index is -2.05. The zero-order chi connectivity index (χ0) is 23.3. The van der Waals surface area contributed by atoms with E-state index in [0.717, 1.165) is 11.5 Å². The zero-order valence-corrected chi connectivity index (χ0v) is 23.3. The van der Waals surface area contributed by atoms with Gasteiger partial charge in [0.05, 0.1) is 47.4 Å². The molecule has 178 valence electrons. The van der Waals surface area contributed by atoms with Crippen LogP contribution < -0.4 is 11.3 Å². The van der Waals surface area contributed by atoms with Crippen molar-refractivity contribution in [3.63, 3.8) is 0 Å². The Kier molecular flexibility index (Phi) is 7.04. The number of nitrogen functional groups attached to an aromatic ring is 1. The molecule has 9 nitrogen and oxygen atoms in total. The van der Waals surface area contributed by atoms with Crippen LogP contribution in [0.2, 0.25) is 18.1 Å². The topological polar surface area (TPSA) is 117 Å². The molecular weight excluding hydrogens is 505 g/mol. The predicted octanol–water partition coefficient (Wildman–Crippen LogP) is 4.48. The fourth-order valence-electron chi connectivity index (χ4n) is 3.44. The second kappa shape index (κ2) is 9.07. The number of aromatic nitrogens is 4. The summed E-state index contributed by atoms with van der Waals surface area (Å²) in [6.07, 6.45) is 1.42. The first-order chi connectivity index (χ1) is 14.9. The van der Waals surface area contributed by atoms with Gasteiger partial charge in [-0.25, -0.2) is 4.98 Å². The van der Waals surface area contributed by atoms with Crippen molar-refractivity contribution in [1.29, 1.82) is 0 Å². The average molecular weight is 537 g/mol. The summed E-state index contributed by atoms with van der Waals surface area (Å²) in [5.41, 5.74) is 6.05. The van der Waals surface area contributed by atoms with E-state index in [4.69, 9.17) is 31.7 Å². The minimum Gasteiger partial charge on any atom is -0.411 e. The molecule has 2 aliphatic rings. The Hall–Kier alpha value is -0.273. The second-order valence-electron chi connectivity index (χ2n) is 9.49. The molecule has 0 unspecified atom stereocenters. The van der Waals surface area contributed by atoms with Gasteiger partial charge in [0.2, 0.25) is 5.95 Å². The fraction of sp³-hybridized carbons (Fsp3) is 0.722. The van der Waals surface area contributed by atoms with Crippen LogP contribution in [0.5, 0.6) is 0 Å². The molecule has 2 aliphatic heterocycles.